The number of aliphatic hydroxyl groups is 1. The summed E-state index contributed by atoms with van der Waals surface area (Å²) >= 11 is 0. The van der Waals surface area contributed by atoms with Gasteiger partial charge in [-0.2, -0.15) is 0 Å². The van der Waals surface area contributed by atoms with Gasteiger partial charge in [0.15, 0.2) is 0 Å². The average molecular weight is 303 g/mol. The number of amides is 1. The summed E-state index contributed by atoms with van der Waals surface area (Å²) < 4.78 is 5.55. The summed E-state index contributed by atoms with van der Waals surface area (Å²) in [6.45, 7) is 5.60. The normalized spacial score (nSPS) is 13.3. The highest BCUT2D eigenvalue weighted by molar-refractivity contribution is 5.85. The Balaban J connectivity index is 0.00000361. The number of carbonyl (C=O) groups is 1. The Morgan fingerprint density at radius 2 is 2.05 bits per heavy atom. The fraction of sp³-hybridized carbons (Fsp3) is 0.500. The topological polar surface area (TPSA) is 84.6 Å². The van der Waals surface area contributed by atoms with Crippen LogP contribution in [-0.2, 0) is 4.79 Å². The number of hydrogen-bond acceptors (Lipinski definition) is 4. The summed E-state index contributed by atoms with van der Waals surface area (Å²) in [6.07, 6.45) is -0.705. The first-order valence-electron chi connectivity index (χ1n) is 6.38. The summed E-state index contributed by atoms with van der Waals surface area (Å²) in [5.74, 6) is 0.415. The molecule has 0 spiro atoms. The Morgan fingerprint density at radius 1 is 1.40 bits per heavy atom. The molecule has 2 atom stereocenters. The van der Waals surface area contributed by atoms with E-state index in [1.165, 1.54) is 0 Å². The highest BCUT2D eigenvalue weighted by Crippen LogP contribution is 2.19. The molecule has 1 amide bonds. The van der Waals surface area contributed by atoms with E-state index in [9.17, 15) is 9.90 Å². The number of carbonyl (C=O) groups excluding carboxylic acids is 1. The maximum atomic E-state index is 11.3. The van der Waals surface area contributed by atoms with Gasteiger partial charge in [-0.05, 0) is 38.5 Å². The Bertz CT molecular complexity index is 425. The minimum atomic E-state index is -0.779. The van der Waals surface area contributed by atoms with Crippen LogP contribution in [0.15, 0.2) is 24.3 Å². The van der Waals surface area contributed by atoms with Gasteiger partial charge in [0.2, 0.25) is 5.91 Å². The van der Waals surface area contributed by atoms with Crippen molar-refractivity contribution < 1.29 is 14.6 Å². The maximum Gasteiger partial charge on any atom is 0.236 e. The molecule has 0 saturated carbocycles. The SMILES string of the molecule is CC(C)Oc1cccc(C(O)CNC(=O)[C@@H](C)N)c1.Cl. The molecule has 0 radical (unpaired) electrons. The molecule has 1 unspecified atom stereocenters. The summed E-state index contributed by atoms with van der Waals surface area (Å²) in [5, 5.41) is 12.6. The quantitative estimate of drug-likeness (QED) is 0.741. The van der Waals surface area contributed by atoms with E-state index in [-0.39, 0.29) is 31.0 Å². The lowest BCUT2D eigenvalue weighted by molar-refractivity contribution is -0.122. The van der Waals surface area contributed by atoms with Crippen molar-refractivity contribution in [3.8, 4) is 5.75 Å². The lowest BCUT2D eigenvalue weighted by Crippen LogP contribution is -2.40. The van der Waals surface area contributed by atoms with E-state index in [0.29, 0.717) is 11.3 Å². The van der Waals surface area contributed by atoms with Crippen molar-refractivity contribution in [3.63, 3.8) is 0 Å². The summed E-state index contributed by atoms with van der Waals surface area (Å²) in [6, 6.07) is 6.61. The number of ether oxygens (including phenoxy) is 1. The monoisotopic (exact) mass is 302 g/mol. The van der Waals surface area contributed by atoms with Gasteiger partial charge in [0.25, 0.3) is 0 Å². The second-order valence-electron chi connectivity index (χ2n) is 4.79. The Labute approximate surface area is 125 Å². The molecule has 20 heavy (non-hydrogen) atoms. The number of rotatable bonds is 6. The van der Waals surface area contributed by atoms with Crippen molar-refractivity contribution in [1.82, 2.24) is 5.32 Å². The first-order chi connectivity index (χ1) is 8.90. The smallest absolute Gasteiger partial charge is 0.236 e. The van der Waals surface area contributed by atoms with Gasteiger partial charge in [-0.15, -0.1) is 12.4 Å². The molecule has 5 nitrogen and oxygen atoms in total. The van der Waals surface area contributed by atoms with Gasteiger partial charge in [0.1, 0.15) is 5.75 Å². The van der Waals surface area contributed by atoms with Gasteiger partial charge >= 0.3 is 0 Å². The lowest BCUT2D eigenvalue weighted by Gasteiger charge is -2.15. The zero-order valence-corrected chi connectivity index (χ0v) is 12.8. The van der Waals surface area contributed by atoms with E-state index in [0.717, 1.165) is 0 Å². The van der Waals surface area contributed by atoms with Crippen LogP contribution in [0.1, 0.15) is 32.4 Å². The second kappa shape index (κ2) is 8.79. The molecule has 0 saturated heterocycles. The van der Waals surface area contributed by atoms with E-state index < -0.39 is 12.1 Å². The van der Waals surface area contributed by atoms with Gasteiger partial charge in [-0.1, -0.05) is 12.1 Å². The van der Waals surface area contributed by atoms with E-state index in [2.05, 4.69) is 5.32 Å². The molecule has 1 aromatic rings. The van der Waals surface area contributed by atoms with E-state index in [4.69, 9.17) is 10.5 Å². The van der Waals surface area contributed by atoms with Crippen molar-refractivity contribution in [1.29, 1.82) is 0 Å². The third-order valence-corrected chi connectivity index (χ3v) is 2.50. The molecule has 1 aromatic carbocycles. The minimum Gasteiger partial charge on any atom is -0.491 e. The van der Waals surface area contributed by atoms with Crippen molar-refractivity contribution >= 4 is 18.3 Å². The second-order valence-corrected chi connectivity index (χ2v) is 4.79. The Morgan fingerprint density at radius 3 is 2.60 bits per heavy atom. The van der Waals surface area contributed by atoms with E-state index >= 15 is 0 Å². The number of halogens is 1. The van der Waals surface area contributed by atoms with Gasteiger partial charge in [0, 0.05) is 6.54 Å². The van der Waals surface area contributed by atoms with Crippen molar-refractivity contribution in [2.75, 3.05) is 6.54 Å². The van der Waals surface area contributed by atoms with Gasteiger partial charge in [0.05, 0.1) is 18.2 Å². The first-order valence-corrected chi connectivity index (χ1v) is 6.38. The molecule has 114 valence electrons. The highest BCUT2D eigenvalue weighted by atomic mass is 35.5. The number of hydrogen-bond donors (Lipinski definition) is 3. The van der Waals surface area contributed by atoms with Crippen LogP contribution >= 0.6 is 12.4 Å². The molecule has 0 aliphatic heterocycles. The van der Waals surface area contributed by atoms with Gasteiger partial charge < -0.3 is 20.9 Å². The molecule has 0 heterocycles. The first kappa shape index (κ1) is 18.7. The predicted octanol–water partition coefficient (Wildman–Crippen LogP) is 1.39. The van der Waals surface area contributed by atoms with Crippen LogP contribution in [0.2, 0.25) is 0 Å². The molecule has 4 N–H and O–H groups in total. The Hall–Kier alpha value is -1.30. The molecular formula is C14H23ClN2O3. The average Bonchev–Trinajstić information content (AvgIpc) is 2.34. The number of benzene rings is 1. The van der Waals surface area contributed by atoms with Crippen molar-refractivity contribution in [2.45, 2.75) is 39.0 Å². The fourth-order valence-electron chi connectivity index (χ4n) is 1.54. The molecule has 0 aromatic heterocycles. The van der Waals surface area contributed by atoms with Crippen molar-refractivity contribution in [2.24, 2.45) is 5.73 Å². The molecule has 6 heteroatoms. The third-order valence-electron chi connectivity index (χ3n) is 2.50. The van der Waals surface area contributed by atoms with Crippen LogP contribution in [0.25, 0.3) is 0 Å². The summed E-state index contributed by atoms with van der Waals surface area (Å²) in [7, 11) is 0. The van der Waals surface area contributed by atoms with Crippen LogP contribution < -0.4 is 15.8 Å². The van der Waals surface area contributed by atoms with Crippen LogP contribution in [0.4, 0.5) is 0 Å². The van der Waals surface area contributed by atoms with E-state index in [1.54, 1.807) is 19.1 Å². The molecule has 0 aliphatic rings. The summed E-state index contributed by atoms with van der Waals surface area (Å²) in [4.78, 5) is 11.3. The highest BCUT2D eigenvalue weighted by Gasteiger charge is 2.12. The molecule has 1 rings (SSSR count). The largest absolute Gasteiger partial charge is 0.491 e. The summed E-state index contributed by atoms with van der Waals surface area (Å²) in [5.41, 5.74) is 6.12. The fourth-order valence-corrected chi connectivity index (χ4v) is 1.54. The Kier molecular flexibility index (Phi) is 8.22. The number of nitrogens with one attached hydrogen (secondary N) is 1. The molecule has 0 fully saturated rings. The van der Waals surface area contributed by atoms with Crippen LogP contribution in [0.3, 0.4) is 0 Å². The van der Waals surface area contributed by atoms with Crippen LogP contribution in [0, 0.1) is 0 Å². The number of nitrogens with two attached hydrogens (primary N) is 1. The van der Waals surface area contributed by atoms with Crippen molar-refractivity contribution in [3.05, 3.63) is 29.8 Å². The zero-order chi connectivity index (χ0) is 14.4. The number of aliphatic hydroxyl groups excluding tert-OH is 1. The van der Waals surface area contributed by atoms with Crippen LogP contribution in [-0.4, -0.2) is 29.7 Å². The predicted molar refractivity (Wildman–Crippen MR) is 81.1 cm³/mol. The third kappa shape index (κ3) is 6.23. The minimum absolute atomic E-state index is 0. The maximum absolute atomic E-state index is 11.3. The molecular weight excluding hydrogens is 280 g/mol. The van der Waals surface area contributed by atoms with Gasteiger partial charge in [-0.3, -0.25) is 4.79 Å². The zero-order valence-electron chi connectivity index (χ0n) is 12.0. The molecule has 0 bridgehead atoms. The van der Waals surface area contributed by atoms with E-state index in [1.807, 2.05) is 26.0 Å². The standard InChI is InChI=1S/C14H22N2O3.ClH/c1-9(2)19-12-6-4-5-11(7-12)13(17)8-16-14(18)10(3)15;/h4-7,9-10,13,17H,8,15H2,1-3H3,(H,16,18);1H/t10-,13?;/m1./s1. The molecule has 0 aliphatic carbocycles. The van der Waals surface area contributed by atoms with Gasteiger partial charge in [-0.25, -0.2) is 0 Å². The van der Waals surface area contributed by atoms with Crippen LogP contribution in [0.5, 0.6) is 5.75 Å². The lowest BCUT2D eigenvalue weighted by atomic mass is 10.1.